The number of benzene rings is 1. The number of carbonyl (C=O) groups excluding carboxylic acids is 1. The van der Waals surface area contributed by atoms with Crippen molar-refractivity contribution in [3.8, 4) is 0 Å². The van der Waals surface area contributed by atoms with Gasteiger partial charge in [-0.3, -0.25) is 5.32 Å². The number of nitrogens with zero attached hydrogens (tertiary/aromatic N) is 2. The van der Waals surface area contributed by atoms with E-state index < -0.39 is 16.8 Å². The first kappa shape index (κ1) is 14.9. The number of pyridine rings is 1. The summed E-state index contributed by atoms with van der Waals surface area (Å²) >= 11 is 3.03. The van der Waals surface area contributed by atoms with E-state index in [1.54, 1.807) is 12.1 Å². The minimum atomic E-state index is -0.786. The average Bonchev–Trinajstić information content (AvgIpc) is 2.48. The van der Waals surface area contributed by atoms with Gasteiger partial charge in [0.05, 0.1) is 0 Å². The summed E-state index contributed by atoms with van der Waals surface area (Å²) in [5, 5.41) is 13.2. The van der Waals surface area contributed by atoms with Crippen molar-refractivity contribution < 1.29 is 14.5 Å². The van der Waals surface area contributed by atoms with Crippen molar-refractivity contribution in [3.05, 3.63) is 62.7 Å². The Labute approximate surface area is 128 Å². The Morgan fingerprint density at radius 3 is 2.67 bits per heavy atom. The lowest BCUT2D eigenvalue weighted by atomic mass is 10.2. The molecule has 0 unspecified atom stereocenters. The third-order valence-corrected chi connectivity index (χ3v) is 2.91. The van der Waals surface area contributed by atoms with Gasteiger partial charge in [-0.2, -0.15) is 0 Å². The van der Waals surface area contributed by atoms with Gasteiger partial charge < -0.3 is 14.9 Å². The van der Waals surface area contributed by atoms with Crippen molar-refractivity contribution in [1.29, 1.82) is 0 Å². The molecule has 1 aromatic heterocycles. The summed E-state index contributed by atoms with van der Waals surface area (Å²) in [4.78, 5) is 25.5. The van der Waals surface area contributed by atoms with Crippen molar-refractivity contribution >= 4 is 33.5 Å². The third-order valence-electron chi connectivity index (χ3n) is 2.46. The number of nitro groups is 1. The lowest BCUT2D eigenvalue weighted by Crippen LogP contribution is -2.15. The van der Waals surface area contributed by atoms with Gasteiger partial charge in [0.2, 0.25) is 4.60 Å². The first-order chi connectivity index (χ1) is 10.1. The van der Waals surface area contributed by atoms with Crippen LogP contribution in [0.1, 0.15) is 5.56 Å². The highest BCUT2D eigenvalue weighted by molar-refractivity contribution is 9.10. The summed E-state index contributed by atoms with van der Waals surface area (Å²) in [7, 11) is 0. The zero-order valence-corrected chi connectivity index (χ0v) is 12.2. The first-order valence-corrected chi connectivity index (χ1v) is 6.64. The van der Waals surface area contributed by atoms with Crippen LogP contribution in [0.15, 0.2) is 47.1 Å². The lowest BCUT2D eigenvalue weighted by molar-refractivity contribution is -0.388. The number of ether oxygens (including phenoxy) is 1. The molecule has 1 aromatic carbocycles. The van der Waals surface area contributed by atoms with E-state index in [0.717, 1.165) is 5.56 Å². The number of hydrogen-bond donors (Lipinski definition) is 1. The molecule has 108 valence electrons. The van der Waals surface area contributed by atoms with Gasteiger partial charge in [-0.1, -0.05) is 30.3 Å². The molecule has 2 aromatic rings. The maximum absolute atomic E-state index is 11.7. The van der Waals surface area contributed by atoms with Crippen LogP contribution in [0.4, 0.5) is 16.3 Å². The molecule has 0 saturated carbocycles. The molecule has 1 N–H and O–H groups in total. The van der Waals surface area contributed by atoms with Crippen LogP contribution in [0.5, 0.6) is 0 Å². The van der Waals surface area contributed by atoms with Crippen LogP contribution in [0.25, 0.3) is 0 Å². The molecular formula is C13H10BrN3O4. The fraction of sp³-hybridized carbons (Fsp3) is 0.0769. The number of carbonyl (C=O) groups is 1. The molecule has 7 nitrogen and oxygen atoms in total. The Morgan fingerprint density at radius 1 is 1.29 bits per heavy atom. The van der Waals surface area contributed by atoms with Crippen molar-refractivity contribution in [2.24, 2.45) is 0 Å². The van der Waals surface area contributed by atoms with Gasteiger partial charge in [-0.25, -0.2) is 4.79 Å². The van der Waals surface area contributed by atoms with Crippen molar-refractivity contribution in [2.75, 3.05) is 5.32 Å². The van der Waals surface area contributed by atoms with Gasteiger partial charge in [-0.15, -0.1) is 0 Å². The second-order valence-electron chi connectivity index (χ2n) is 3.95. The number of aromatic nitrogens is 1. The quantitative estimate of drug-likeness (QED) is 0.516. The van der Waals surface area contributed by atoms with Crippen molar-refractivity contribution in [1.82, 2.24) is 4.98 Å². The topological polar surface area (TPSA) is 94.4 Å². The molecule has 8 heteroatoms. The predicted octanol–water partition coefficient (Wildman–Crippen LogP) is 3.50. The molecule has 1 amide bonds. The number of nitrogens with one attached hydrogen (secondary N) is 1. The number of anilines is 1. The van der Waals surface area contributed by atoms with Gasteiger partial charge in [0.25, 0.3) is 0 Å². The number of hydrogen-bond acceptors (Lipinski definition) is 5. The summed E-state index contributed by atoms with van der Waals surface area (Å²) < 4.78 is 5.29. The molecule has 21 heavy (non-hydrogen) atoms. The number of halogens is 1. The fourth-order valence-corrected chi connectivity index (χ4v) is 1.83. The van der Waals surface area contributed by atoms with E-state index in [1.807, 2.05) is 18.2 Å². The number of amides is 1. The predicted molar refractivity (Wildman–Crippen MR) is 78.8 cm³/mol. The van der Waals surface area contributed by atoms with Crippen molar-refractivity contribution in [2.45, 2.75) is 6.61 Å². The first-order valence-electron chi connectivity index (χ1n) is 5.85. The molecule has 0 spiro atoms. The third kappa shape index (κ3) is 4.25. The summed E-state index contributed by atoms with van der Waals surface area (Å²) in [6.07, 6.45) is -0.786. The van der Waals surface area contributed by atoms with Crippen LogP contribution in [0.3, 0.4) is 0 Å². The Balaban J connectivity index is 2.01. The molecule has 0 bridgehead atoms. The van der Waals surface area contributed by atoms with Crippen LogP contribution >= 0.6 is 15.9 Å². The van der Waals surface area contributed by atoms with Gasteiger partial charge in [0, 0.05) is 15.9 Å². The van der Waals surface area contributed by atoms with Gasteiger partial charge in [0.1, 0.15) is 12.3 Å². The molecule has 0 aliphatic carbocycles. The SMILES string of the molecule is O=C(Nc1ccc(Br)nc1[N+](=O)[O-])OCc1ccccc1. The maximum atomic E-state index is 11.7. The highest BCUT2D eigenvalue weighted by Crippen LogP contribution is 2.24. The molecule has 0 saturated heterocycles. The highest BCUT2D eigenvalue weighted by Gasteiger charge is 2.19. The van der Waals surface area contributed by atoms with Crippen LogP contribution in [0.2, 0.25) is 0 Å². The van der Waals surface area contributed by atoms with Crippen LogP contribution in [0, 0.1) is 10.1 Å². The van der Waals surface area contributed by atoms with E-state index in [2.05, 4.69) is 26.2 Å². The van der Waals surface area contributed by atoms with Crippen LogP contribution in [-0.4, -0.2) is 16.0 Å². The van der Waals surface area contributed by atoms with Gasteiger partial charge in [-0.05, 0) is 27.6 Å². The number of rotatable bonds is 4. The summed E-state index contributed by atoms with van der Waals surface area (Å²) in [6, 6.07) is 12.0. The fourth-order valence-electron chi connectivity index (χ4n) is 1.53. The molecule has 0 aliphatic rings. The molecule has 0 fully saturated rings. The minimum absolute atomic E-state index is 0.0266. The maximum Gasteiger partial charge on any atom is 0.412 e. The van der Waals surface area contributed by atoms with E-state index in [0.29, 0.717) is 4.60 Å². The second-order valence-corrected chi connectivity index (χ2v) is 4.76. The molecule has 0 radical (unpaired) electrons. The standard InChI is InChI=1S/C13H10BrN3O4/c14-11-7-6-10(12(16-11)17(19)20)15-13(18)21-8-9-4-2-1-3-5-9/h1-7H,8H2,(H,15,18). The van der Waals surface area contributed by atoms with Crippen LogP contribution < -0.4 is 5.32 Å². The average molecular weight is 352 g/mol. The van der Waals surface area contributed by atoms with E-state index >= 15 is 0 Å². The Kier molecular flexibility index (Phi) is 4.83. The van der Waals surface area contributed by atoms with Crippen LogP contribution in [-0.2, 0) is 11.3 Å². The van der Waals surface area contributed by atoms with Gasteiger partial charge >= 0.3 is 11.9 Å². The summed E-state index contributed by atoms with van der Waals surface area (Å²) in [5.74, 6) is -0.457. The molecule has 1 heterocycles. The molecular weight excluding hydrogens is 342 g/mol. The molecule has 2 rings (SSSR count). The highest BCUT2D eigenvalue weighted by atomic mass is 79.9. The van der Waals surface area contributed by atoms with E-state index in [1.165, 1.54) is 12.1 Å². The van der Waals surface area contributed by atoms with Crippen molar-refractivity contribution in [3.63, 3.8) is 0 Å². The monoisotopic (exact) mass is 351 g/mol. The Morgan fingerprint density at radius 2 is 2.00 bits per heavy atom. The zero-order chi connectivity index (χ0) is 15.2. The van der Waals surface area contributed by atoms with E-state index in [4.69, 9.17) is 4.74 Å². The Bertz CT molecular complexity index is 664. The van der Waals surface area contributed by atoms with Gasteiger partial charge in [0.15, 0.2) is 0 Å². The van der Waals surface area contributed by atoms with E-state index in [-0.39, 0.29) is 12.3 Å². The lowest BCUT2D eigenvalue weighted by Gasteiger charge is -2.07. The summed E-state index contributed by atoms with van der Waals surface area (Å²) in [5.41, 5.74) is 0.789. The zero-order valence-electron chi connectivity index (χ0n) is 10.7. The summed E-state index contributed by atoms with van der Waals surface area (Å²) in [6.45, 7) is 0.0738. The molecule has 0 atom stereocenters. The largest absolute Gasteiger partial charge is 0.444 e. The minimum Gasteiger partial charge on any atom is -0.444 e. The Hall–Kier alpha value is -2.48. The van der Waals surface area contributed by atoms with E-state index in [9.17, 15) is 14.9 Å². The second kappa shape index (κ2) is 6.80. The molecule has 0 aliphatic heterocycles. The smallest absolute Gasteiger partial charge is 0.412 e. The normalized spacial score (nSPS) is 9.95.